The van der Waals surface area contributed by atoms with Crippen molar-refractivity contribution < 1.29 is 13.7 Å². The standard InChI is InChI=1S/C15H19N3O3/c1-10(11-4-2-5-11)16-13(19)7-8-14-17-15(18-21-14)12-6-3-9-20-12/h3,6,9-11H,2,4-5,7-8H2,1H3,(H,16,19)/t10-/m0/s1. The molecule has 0 spiro atoms. The second-order valence-corrected chi connectivity index (χ2v) is 5.54. The van der Waals surface area contributed by atoms with Crippen LogP contribution in [-0.4, -0.2) is 22.1 Å². The summed E-state index contributed by atoms with van der Waals surface area (Å²) in [6.45, 7) is 2.07. The van der Waals surface area contributed by atoms with E-state index in [2.05, 4.69) is 22.4 Å². The molecule has 6 heteroatoms. The third-order valence-electron chi connectivity index (χ3n) is 4.02. The van der Waals surface area contributed by atoms with Gasteiger partial charge in [-0.15, -0.1) is 0 Å². The normalized spacial score (nSPS) is 16.4. The van der Waals surface area contributed by atoms with E-state index in [-0.39, 0.29) is 11.9 Å². The Morgan fingerprint density at radius 2 is 2.38 bits per heavy atom. The average molecular weight is 289 g/mol. The number of aryl methyl sites for hydroxylation is 1. The van der Waals surface area contributed by atoms with Crippen LogP contribution in [0.5, 0.6) is 0 Å². The first-order chi connectivity index (χ1) is 10.2. The Kier molecular flexibility index (Phi) is 4.03. The molecule has 1 aliphatic rings. The van der Waals surface area contributed by atoms with Crippen LogP contribution in [0.1, 0.15) is 38.5 Å². The zero-order valence-electron chi connectivity index (χ0n) is 12.0. The van der Waals surface area contributed by atoms with Gasteiger partial charge in [-0.1, -0.05) is 11.6 Å². The van der Waals surface area contributed by atoms with Crippen LogP contribution in [0, 0.1) is 5.92 Å². The van der Waals surface area contributed by atoms with Crippen LogP contribution >= 0.6 is 0 Å². The van der Waals surface area contributed by atoms with Crippen LogP contribution in [0.3, 0.4) is 0 Å². The number of hydrogen-bond acceptors (Lipinski definition) is 5. The predicted octanol–water partition coefficient (Wildman–Crippen LogP) is 2.57. The van der Waals surface area contributed by atoms with E-state index in [9.17, 15) is 4.79 Å². The highest BCUT2D eigenvalue weighted by atomic mass is 16.5. The summed E-state index contributed by atoms with van der Waals surface area (Å²) in [5, 5.41) is 6.88. The SMILES string of the molecule is C[C@H](NC(=O)CCc1nc(-c2ccco2)no1)C1CCC1. The summed E-state index contributed by atoms with van der Waals surface area (Å²) in [7, 11) is 0. The van der Waals surface area contributed by atoms with Crippen molar-refractivity contribution in [3.63, 3.8) is 0 Å². The Morgan fingerprint density at radius 1 is 1.52 bits per heavy atom. The van der Waals surface area contributed by atoms with Crippen molar-refractivity contribution in [3.05, 3.63) is 24.3 Å². The van der Waals surface area contributed by atoms with Gasteiger partial charge in [0.1, 0.15) is 0 Å². The van der Waals surface area contributed by atoms with E-state index in [1.165, 1.54) is 19.3 Å². The van der Waals surface area contributed by atoms with Crippen molar-refractivity contribution in [2.75, 3.05) is 0 Å². The minimum absolute atomic E-state index is 0.0344. The monoisotopic (exact) mass is 289 g/mol. The number of nitrogens with one attached hydrogen (secondary N) is 1. The van der Waals surface area contributed by atoms with E-state index in [0.717, 1.165) is 0 Å². The first kappa shape index (κ1) is 13.9. The van der Waals surface area contributed by atoms with Crippen LogP contribution in [0.2, 0.25) is 0 Å². The molecule has 0 unspecified atom stereocenters. The number of amides is 1. The molecule has 1 fully saturated rings. The summed E-state index contributed by atoms with van der Waals surface area (Å²) in [5.74, 6) is 2.11. The number of nitrogens with zero attached hydrogens (tertiary/aromatic N) is 2. The topological polar surface area (TPSA) is 81.2 Å². The smallest absolute Gasteiger partial charge is 0.238 e. The molecule has 112 valence electrons. The molecular weight excluding hydrogens is 270 g/mol. The summed E-state index contributed by atoms with van der Waals surface area (Å²) in [6.07, 6.45) is 6.08. The van der Waals surface area contributed by atoms with Crippen molar-refractivity contribution in [2.45, 2.75) is 45.1 Å². The number of carbonyl (C=O) groups is 1. The second kappa shape index (κ2) is 6.11. The molecule has 2 heterocycles. The summed E-state index contributed by atoms with van der Waals surface area (Å²) in [5.41, 5.74) is 0. The lowest BCUT2D eigenvalue weighted by molar-refractivity contribution is -0.122. The number of aromatic nitrogens is 2. The van der Waals surface area contributed by atoms with E-state index < -0.39 is 0 Å². The molecule has 1 aliphatic carbocycles. The van der Waals surface area contributed by atoms with E-state index in [0.29, 0.717) is 36.2 Å². The van der Waals surface area contributed by atoms with Crippen molar-refractivity contribution in [2.24, 2.45) is 5.92 Å². The second-order valence-electron chi connectivity index (χ2n) is 5.54. The number of furan rings is 1. The van der Waals surface area contributed by atoms with Gasteiger partial charge in [-0.3, -0.25) is 4.79 Å². The molecule has 0 saturated heterocycles. The molecule has 1 saturated carbocycles. The average Bonchev–Trinajstić information content (AvgIpc) is 3.05. The highest BCUT2D eigenvalue weighted by Gasteiger charge is 2.25. The van der Waals surface area contributed by atoms with Crippen molar-refractivity contribution >= 4 is 5.91 Å². The largest absolute Gasteiger partial charge is 0.461 e. The zero-order chi connectivity index (χ0) is 14.7. The Bertz CT molecular complexity index is 587. The summed E-state index contributed by atoms with van der Waals surface area (Å²) in [6, 6.07) is 3.79. The lowest BCUT2D eigenvalue weighted by atomic mass is 9.80. The first-order valence-corrected chi connectivity index (χ1v) is 7.38. The zero-order valence-corrected chi connectivity index (χ0v) is 12.0. The van der Waals surface area contributed by atoms with E-state index in [1.54, 1.807) is 18.4 Å². The predicted molar refractivity (Wildman–Crippen MR) is 75.3 cm³/mol. The molecule has 3 rings (SSSR count). The van der Waals surface area contributed by atoms with Gasteiger partial charge >= 0.3 is 0 Å². The number of hydrogen-bond donors (Lipinski definition) is 1. The van der Waals surface area contributed by atoms with Crippen LogP contribution in [0.4, 0.5) is 0 Å². The minimum atomic E-state index is 0.0344. The molecule has 2 aromatic rings. The quantitative estimate of drug-likeness (QED) is 0.883. The van der Waals surface area contributed by atoms with Gasteiger partial charge in [-0.25, -0.2) is 0 Å². The molecule has 2 aromatic heterocycles. The lowest BCUT2D eigenvalue weighted by Crippen LogP contribution is -2.40. The van der Waals surface area contributed by atoms with Gasteiger partial charge in [-0.05, 0) is 37.8 Å². The Morgan fingerprint density at radius 3 is 3.05 bits per heavy atom. The van der Waals surface area contributed by atoms with Gasteiger partial charge in [0.15, 0.2) is 5.76 Å². The molecule has 6 nitrogen and oxygen atoms in total. The Balaban J connectivity index is 1.47. The molecule has 0 bridgehead atoms. The third kappa shape index (κ3) is 3.32. The molecule has 1 atom stereocenters. The third-order valence-corrected chi connectivity index (χ3v) is 4.02. The summed E-state index contributed by atoms with van der Waals surface area (Å²) >= 11 is 0. The highest BCUT2D eigenvalue weighted by Crippen LogP contribution is 2.29. The molecule has 0 aromatic carbocycles. The maximum atomic E-state index is 11.9. The fraction of sp³-hybridized carbons (Fsp3) is 0.533. The molecule has 21 heavy (non-hydrogen) atoms. The van der Waals surface area contributed by atoms with Crippen LogP contribution in [-0.2, 0) is 11.2 Å². The lowest BCUT2D eigenvalue weighted by Gasteiger charge is -2.31. The maximum Gasteiger partial charge on any atom is 0.238 e. The van der Waals surface area contributed by atoms with Crippen LogP contribution < -0.4 is 5.32 Å². The van der Waals surface area contributed by atoms with Gasteiger partial charge in [-0.2, -0.15) is 4.98 Å². The van der Waals surface area contributed by atoms with E-state index >= 15 is 0 Å². The molecule has 0 radical (unpaired) electrons. The fourth-order valence-corrected chi connectivity index (χ4v) is 2.47. The van der Waals surface area contributed by atoms with Gasteiger partial charge in [0.05, 0.1) is 6.26 Å². The van der Waals surface area contributed by atoms with Gasteiger partial charge < -0.3 is 14.3 Å². The molecule has 1 N–H and O–H groups in total. The van der Waals surface area contributed by atoms with Gasteiger partial charge in [0.2, 0.25) is 17.6 Å². The summed E-state index contributed by atoms with van der Waals surface area (Å²) < 4.78 is 10.3. The molecular formula is C15H19N3O3. The highest BCUT2D eigenvalue weighted by molar-refractivity contribution is 5.76. The fourth-order valence-electron chi connectivity index (χ4n) is 2.47. The van der Waals surface area contributed by atoms with Crippen LogP contribution in [0.25, 0.3) is 11.6 Å². The van der Waals surface area contributed by atoms with E-state index in [4.69, 9.17) is 8.94 Å². The van der Waals surface area contributed by atoms with Gasteiger partial charge in [0, 0.05) is 18.9 Å². The summed E-state index contributed by atoms with van der Waals surface area (Å²) in [4.78, 5) is 16.1. The first-order valence-electron chi connectivity index (χ1n) is 7.38. The van der Waals surface area contributed by atoms with E-state index in [1.807, 2.05) is 0 Å². The van der Waals surface area contributed by atoms with Gasteiger partial charge in [0.25, 0.3) is 0 Å². The molecule has 1 amide bonds. The van der Waals surface area contributed by atoms with Crippen molar-refractivity contribution in [1.29, 1.82) is 0 Å². The Hall–Kier alpha value is -2.11. The van der Waals surface area contributed by atoms with Crippen molar-refractivity contribution in [3.8, 4) is 11.6 Å². The Labute approximate surface area is 122 Å². The molecule has 0 aliphatic heterocycles. The minimum Gasteiger partial charge on any atom is -0.461 e. The number of rotatable bonds is 6. The van der Waals surface area contributed by atoms with Crippen molar-refractivity contribution in [1.82, 2.24) is 15.5 Å². The number of carbonyl (C=O) groups excluding carboxylic acids is 1. The van der Waals surface area contributed by atoms with Crippen LogP contribution in [0.15, 0.2) is 27.3 Å². The maximum absolute atomic E-state index is 11.9.